The van der Waals surface area contributed by atoms with E-state index in [0.29, 0.717) is 23.3 Å². The molecule has 1 N–H and O–H groups in total. The average molecular weight is 490 g/mol. The molecule has 0 spiro atoms. The molecular weight excluding hydrogens is 466 g/mol. The molecule has 0 radical (unpaired) electrons. The number of benzene rings is 1. The number of hydrogen-bond donors (Lipinski definition) is 1. The molecule has 3 aromatic rings. The zero-order valence-electron chi connectivity index (χ0n) is 18.3. The van der Waals surface area contributed by atoms with E-state index in [1.54, 1.807) is 19.1 Å². The predicted molar refractivity (Wildman–Crippen MR) is 123 cm³/mol. The number of nitrogens with zero attached hydrogens (tertiary/aromatic N) is 4. The maximum atomic E-state index is 12.9. The number of sulfone groups is 1. The van der Waals surface area contributed by atoms with Gasteiger partial charge in [0.1, 0.15) is 5.69 Å². The molecule has 1 aliphatic rings. The largest absolute Gasteiger partial charge is 0.332 e. The van der Waals surface area contributed by atoms with Crippen LogP contribution in [-0.4, -0.2) is 40.7 Å². The third-order valence-corrected chi connectivity index (χ3v) is 7.40. The highest BCUT2D eigenvalue weighted by atomic mass is 35.5. The Balaban J connectivity index is 1.50. The first kappa shape index (κ1) is 23.3. The van der Waals surface area contributed by atoms with Crippen LogP contribution < -0.4 is 5.32 Å². The molecule has 0 bridgehead atoms. The third-order valence-electron chi connectivity index (χ3n) is 5.82. The summed E-state index contributed by atoms with van der Waals surface area (Å²) in [7, 11) is -3.42. The van der Waals surface area contributed by atoms with E-state index in [4.69, 9.17) is 16.1 Å². The highest BCUT2D eigenvalue weighted by molar-refractivity contribution is 7.90. The second-order valence-electron chi connectivity index (χ2n) is 8.30. The van der Waals surface area contributed by atoms with Gasteiger partial charge < -0.3 is 9.84 Å². The molecule has 0 unspecified atom stereocenters. The van der Waals surface area contributed by atoms with Gasteiger partial charge in [-0.2, -0.15) is 4.98 Å². The molecule has 33 heavy (non-hydrogen) atoms. The Labute approximate surface area is 196 Å². The first-order valence-corrected chi connectivity index (χ1v) is 12.9. The lowest BCUT2D eigenvalue weighted by Gasteiger charge is -2.24. The SMILES string of the molecule is Cc1noc(-c2cnc(NC(=O)C[C@@H](c3ccc(S(C)(=O)=O)c(Cl)c3)C3CCCC3)cn2)n1. The summed E-state index contributed by atoms with van der Waals surface area (Å²) >= 11 is 6.28. The van der Waals surface area contributed by atoms with Gasteiger partial charge in [0.25, 0.3) is 5.89 Å². The Kier molecular flexibility index (Phi) is 6.76. The van der Waals surface area contributed by atoms with Crippen LogP contribution in [-0.2, 0) is 14.6 Å². The Bertz CT molecular complexity index is 1250. The molecule has 1 fully saturated rings. The standard InChI is InChI=1S/C22H24ClN5O4S/c1-13-26-22(32-28-13)18-11-25-20(12-24-18)27-21(29)10-16(14-5-3-4-6-14)15-7-8-19(17(23)9-15)33(2,30)31/h7-9,11-12,14,16H,3-6,10H2,1-2H3,(H,25,27,29)/t16-/m1/s1. The molecule has 2 heterocycles. The molecule has 1 aliphatic carbocycles. The minimum atomic E-state index is -3.42. The summed E-state index contributed by atoms with van der Waals surface area (Å²) in [5, 5.41) is 6.69. The molecule has 1 saturated carbocycles. The van der Waals surface area contributed by atoms with Crippen LogP contribution in [0.15, 0.2) is 40.0 Å². The van der Waals surface area contributed by atoms with E-state index in [9.17, 15) is 13.2 Å². The number of halogens is 1. The predicted octanol–water partition coefficient (Wildman–Crippen LogP) is 4.19. The van der Waals surface area contributed by atoms with Crippen molar-refractivity contribution in [2.24, 2.45) is 5.92 Å². The van der Waals surface area contributed by atoms with Crippen LogP contribution >= 0.6 is 11.6 Å². The molecule has 11 heteroatoms. The Hall–Kier alpha value is -2.85. The minimum Gasteiger partial charge on any atom is -0.332 e. The molecular formula is C22H24ClN5O4S. The van der Waals surface area contributed by atoms with Crippen molar-refractivity contribution in [2.75, 3.05) is 11.6 Å². The van der Waals surface area contributed by atoms with E-state index < -0.39 is 9.84 Å². The number of amides is 1. The fourth-order valence-corrected chi connectivity index (χ4v) is 5.60. The van der Waals surface area contributed by atoms with Gasteiger partial charge in [0.15, 0.2) is 21.5 Å². The van der Waals surface area contributed by atoms with Crippen molar-refractivity contribution in [1.82, 2.24) is 20.1 Å². The fourth-order valence-electron chi connectivity index (χ4n) is 4.26. The van der Waals surface area contributed by atoms with Crippen molar-refractivity contribution in [2.45, 2.75) is 49.8 Å². The molecule has 0 saturated heterocycles. The quantitative estimate of drug-likeness (QED) is 0.523. The summed E-state index contributed by atoms with van der Waals surface area (Å²) in [5.74, 6) is 1.11. The molecule has 9 nitrogen and oxygen atoms in total. The van der Waals surface area contributed by atoms with Gasteiger partial charge in [0.05, 0.1) is 22.3 Å². The van der Waals surface area contributed by atoms with E-state index in [2.05, 4.69) is 25.4 Å². The van der Waals surface area contributed by atoms with Gasteiger partial charge in [-0.15, -0.1) is 0 Å². The minimum absolute atomic E-state index is 0.0767. The molecule has 2 aromatic heterocycles. The van der Waals surface area contributed by atoms with Crippen LogP contribution in [0.2, 0.25) is 5.02 Å². The van der Waals surface area contributed by atoms with Crippen molar-refractivity contribution in [3.8, 4) is 11.6 Å². The summed E-state index contributed by atoms with van der Waals surface area (Å²) in [5.41, 5.74) is 1.28. The molecule has 1 atom stereocenters. The van der Waals surface area contributed by atoms with Gasteiger partial charge in [0, 0.05) is 12.7 Å². The van der Waals surface area contributed by atoms with Crippen LogP contribution in [0, 0.1) is 12.8 Å². The van der Waals surface area contributed by atoms with Crippen LogP contribution in [0.4, 0.5) is 5.82 Å². The number of aryl methyl sites for hydroxylation is 1. The van der Waals surface area contributed by atoms with Gasteiger partial charge in [-0.05, 0) is 49.3 Å². The van der Waals surface area contributed by atoms with E-state index in [1.807, 2.05) is 0 Å². The van der Waals surface area contributed by atoms with Crippen molar-refractivity contribution in [1.29, 1.82) is 0 Å². The average Bonchev–Trinajstić information content (AvgIpc) is 3.43. The van der Waals surface area contributed by atoms with E-state index in [-0.39, 0.29) is 34.1 Å². The van der Waals surface area contributed by atoms with Crippen molar-refractivity contribution in [3.63, 3.8) is 0 Å². The molecule has 1 aromatic carbocycles. The lowest BCUT2D eigenvalue weighted by Crippen LogP contribution is -2.20. The maximum Gasteiger partial charge on any atom is 0.278 e. The number of anilines is 1. The second kappa shape index (κ2) is 9.56. The normalized spacial score (nSPS) is 15.5. The molecule has 174 valence electrons. The molecule has 4 rings (SSSR count). The van der Waals surface area contributed by atoms with Crippen LogP contribution in [0.1, 0.15) is 49.4 Å². The van der Waals surface area contributed by atoms with Crippen LogP contribution in [0.5, 0.6) is 0 Å². The second-order valence-corrected chi connectivity index (χ2v) is 10.7. The number of carbonyl (C=O) groups is 1. The molecule has 1 amide bonds. The highest BCUT2D eigenvalue weighted by Crippen LogP contribution is 2.41. The topological polar surface area (TPSA) is 128 Å². The van der Waals surface area contributed by atoms with E-state index in [1.165, 1.54) is 18.5 Å². The number of rotatable bonds is 7. The van der Waals surface area contributed by atoms with E-state index in [0.717, 1.165) is 37.5 Å². The van der Waals surface area contributed by atoms with Crippen LogP contribution in [0.25, 0.3) is 11.6 Å². The summed E-state index contributed by atoms with van der Waals surface area (Å²) < 4.78 is 28.9. The number of aromatic nitrogens is 4. The van der Waals surface area contributed by atoms with Crippen molar-refractivity contribution in [3.05, 3.63) is 47.0 Å². The summed E-state index contributed by atoms with van der Waals surface area (Å²) in [6.07, 6.45) is 8.51. The Morgan fingerprint density at radius 2 is 2.00 bits per heavy atom. The highest BCUT2D eigenvalue weighted by Gasteiger charge is 2.29. The Morgan fingerprint density at radius 3 is 2.58 bits per heavy atom. The van der Waals surface area contributed by atoms with E-state index >= 15 is 0 Å². The number of hydrogen-bond acceptors (Lipinski definition) is 8. The smallest absolute Gasteiger partial charge is 0.278 e. The summed E-state index contributed by atoms with van der Waals surface area (Å²) in [4.78, 5) is 25.5. The van der Waals surface area contributed by atoms with Gasteiger partial charge >= 0.3 is 0 Å². The Morgan fingerprint density at radius 1 is 1.24 bits per heavy atom. The first-order chi connectivity index (χ1) is 15.7. The fraction of sp³-hybridized carbons (Fsp3) is 0.409. The lowest BCUT2D eigenvalue weighted by atomic mass is 9.82. The van der Waals surface area contributed by atoms with Gasteiger partial charge in [-0.1, -0.05) is 35.7 Å². The zero-order valence-corrected chi connectivity index (χ0v) is 19.9. The van der Waals surface area contributed by atoms with Gasteiger partial charge in [-0.25, -0.2) is 18.4 Å². The number of carbonyl (C=O) groups excluding carboxylic acids is 1. The summed E-state index contributed by atoms with van der Waals surface area (Å²) in [6.45, 7) is 1.71. The zero-order chi connectivity index (χ0) is 23.6. The maximum absolute atomic E-state index is 12.9. The third kappa shape index (κ3) is 5.56. The van der Waals surface area contributed by atoms with Crippen molar-refractivity contribution < 1.29 is 17.7 Å². The summed E-state index contributed by atoms with van der Waals surface area (Å²) in [6, 6.07) is 4.96. The van der Waals surface area contributed by atoms with Gasteiger partial charge in [-0.3, -0.25) is 4.79 Å². The van der Waals surface area contributed by atoms with Gasteiger partial charge in [0.2, 0.25) is 5.91 Å². The first-order valence-electron chi connectivity index (χ1n) is 10.6. The van der Waals surface area contributed by atoms with Crippen molar-refractivity contribution >= 4 is 33.2 Å². The molecule has 0 aliphatic heterocycles. The lowest BCUT2D eigenvalue weighted by molar-refractivity contribution is -0.116. The van der Waals surface area contributed by atoms with Crippen LogP contribution in [0.3, 0.4) is 0 Å². The number of nitrogens with one attached hydrogen (secondary N) is 1. The monoisotopic (exact) mass is 489 g/mol.